The highest BCUT2D eigenvalue weighted by molar-refractivity contribution is 7.54. The maximum absolute atomic E-state index is 13.5. The van der Waals surface area contributed by atoms with E-state index < -0.39 is 48.6 Å². The van der Waals surface area contributed by atoms with E-state index in [0.717, 1.165) is 4.57 Å². The number of nitrogen functional groups attached to an aromatic ring is 1. The van der Waals surface area contributed by atoms with Gasteiger partial charge in [0, 0.05) is 12.1 Å². The van der Waals surface area contributed by atoms with Gasteiger partial charge in [-0.2, -0.15) is 4.98 Å². The van der Waals surface area contributed by atoms with Crippen molar-refractivity contribution in [3.63, 3.8) is 0 Å². The quantitative estimate of drug-likeness (QED) is 0.377. The van der Waals surface area contributed by atoms with Gasteiger partial charge in [-0.15, -0.1) is 0 Å². The molecule has 0 bridgehead atoms. The van der Waals surface area contributed by atoms with Crippen molar-refractivity contribution < 1.29 is 28.3 Å². The number of Topliss-reactive ketones (excluding diaryl/α,β-unsaturated/α-hetero) is 1. The number of para-hydroxylation sites is 1. The summed E-state index contributed by atoms with van der Waals surface area (Å²) in [7, 11) is -3.88. The highest BCUT2D eigenvalue weighted by atomic mass is 35.5. The fraction of sp³-hybridized carbons (Fsp3) is 0.450. The second-order valence-electron chi connectivity index (χ2n) is 7.69. The monoisotopic (exact) mass is 519 g/mol. The second-order valence-corrected chi connectivity index (χ2v) is 11.2. The number of aliphatic hydroxyl groups excluding tert-OH is 1. The second kappa shape index (κ2) is 10.1. The fourth-order valence-electron chi connectivity index (χ4n) is 3.12. The molecule has 180 valence electrons. The zero-order valence-electron chi connectivity index (χ0n) is 17.8. The Morgan fingerprint density at radius 1 is 1.36 bits per heavy atom. The number of nitrogens with two attached hydrogens (primary N) is 1. The van der Waals surface area contributed by atoms with E-state index in [0.29, 0.717) is 0 Å². The van der Waals surface area contributed by atoms with Gasteiger partial charge in [0.2, 0.25) is 0 Å². The largest absolute Gasteiger partial charge is 0.424 e. The van der Waals surface area contributed by atoms with Crippen LogP contribution in [0.15, 0.2) is 47.4 Å². The Bertz CT molecular complexity index is 1100. The minimum atomic E-state index is -3.88. The Hall–Kier alpha value is -1.94. The van der Waals surface area contributed by atoms with Crippen molar-refractivity contribution in [2.45, 2.75) is 36.6 Å². The highest BCUT2D eigenvalue weighted by Crippen LogP contribution is 2.52. The van der Waals surface area contributed by atoms with Crippen molar-refractivity contribution in [1.82, 2.24) is 9.55 Å². The molecule has 1 aromatic heterocycles. The van der Waals surface area contributed by atoms with Crippen LogP contribution >= 0.6 is 30.8 Å². The summed E-state index contributed by atoms with van der Waals surface area (Å²) < 4.78 is 29.4. The van der Waals surface area contributed by atoms with Crippen LogP contribution in [-0.2, 0) is 18.6 Å². The van der Waals surface area contributed by atoms with Gasteiger partial charge in [-0.3, -0.25) is 13.9 Å². The van der Waals surface area contributed by atoms with E-state index >= 15 is 0 Å². The number of hydrogen-bond donors (Lipinski definition) is 2. The van der Waals surface area contributed by atoms with Crippen LogP contribution in [0.1, 0.15) is 20.1 Å². The fourth-order valence-corrected chi connectivity index (χ4v) is 5.69. The molecule has 3 rings (SSSR count). The number of benzene rings is 1. The van der Waals surface area contributed by atoms with Crippen molar-refractivity contribution in [2.24, 2.45) is 5.92 Å². The molecule has 0 spiro atoms. The third-order valence-electron chi connectivity index (χ3n) is 5.10. The number of hydrogen-bond acceptors (Lipinski definition) is 9. The van der Waals surface area contributed by atoms with Gasteiger partial charge in [0.25, 0.3) is 0 Å². The maximum Gasteiger partial charge on any atom is 0.379 e. The van der Waals surface area contributed by atoms with Crippen LogP contribution < -0.4 is 15.9 Å². The topological polar surface area (TPSA) is 143 Å². The number of rotatable bonds is 9. The molecule has 33 heavy (non-hydrogen) atoms. The molecule has 2 heterocycles. The van der Waals surface area contributed by atoms with Crippen molar-refractivity contribution in [3.05, 3.63) is 53.1 Å². The Labute approximate surface area is 200 Å². The number of aromatic nitrogens is 2. The van der Waals surface area contributed by atoms with Crippen LogP contribution in [0.2, 0.25) is 0 Å². The van der Waals surface area contributed by atoms with E-state index in [-0.39, 0.29) is 23.5 Å². The predicted molar refractivity (Wildman–Crippen MR) is 123 cm³/mol. The summed E-state index contributed by atoms with van der Waals surface area (Å²) >= 11 is 12.6. The lowest BCUT2D eigenvalue weighted by Gasteiger charge is -2.24. The third kappa shape index (κ3) is 5.95. The summed E-state index contributed by atoms with van der Waals surface area (Å²) in [4.78, 5) is 27.5. The van der Waals surface area contributed by atoms with Gasteiger partial charge < -0.3 is 20.1 Å². The zero-order chi connectivity index (χ0) is 24.4. The number of anilines is 1. The molecule has 0 radical (unpaired) electrons. The molecule has 1 aromatic carbocycles. The molecule has 0 saturated carbocycles. The Morgan fingerprint density at radius 2 is 2.03 bits per heavy atom. The lowest BCUT2D eigenvalue weighted by Crippen LogP contribution is -2.40. The van der Waals surface area contributed by atoms with E-state index in [4.69, 9.17) is 42.7 Å². The first-order valence-corrected chi connectivity index (χ1v) is 12.5. The van der Waals surface area contributed by atoms with Crippen molar-refractivity contribution >= 4 is 42.4 Å². The average molecular weight is 520 g/mol. The first kappa shape index (κ1) is 25.7. The number of carbonyl (C=O) groups is 1. The van der Waals surface area contributed by atoms with Gasteiger partial charge in [-0.05, 0) is 25.1 Å². The normalized spacial score (nSPS) is 24.7. The third-order valence-corrected chi connectivity index (χ3v) is 7.95. The Balaban J connectivity index is 1.80. The predicted octanol–water partition coefficient (Wildman–Crippen LogP) is 2.77. The summed E-state index contributed by atoms with van der Waals surface area (Å²) in [6, 6.07) is 9.67. The molecule has 1 saturated heterocycles. The zero-order valence-corrected chi connectivity index (χ0v) is 20.2. The number of carbonyl (C=O) groups excluding carboxylic acids is 1. The summed E-state index contributed by atoms with van der Waals surface area (Å²) in [6.07, 6.45) is -2.93. The average Bonchev–Trinajstić information content (AvgIpc) is 2.96. The number of nitrogens with zero attached hydrogens (tertiary/aromatic N) is 2. The molecule has 10 nitrogen and oxygen atoms in total. The molecule has 0 aliphatic carbocycles. The van der Waals surface area contributed by atoms with E-state index in [1.54, 1.807) is 37.3 Å². The number of ketones is 1. The number of aliphatic hydroxyl groups is 1. The van der Waals surface area contributed by atoms with Gasteiger partial charge >= 0.3 is 13.3 Å². The van der Waals surface area contributed by atoms with Crippen LogP contribution in [0.25, 0.3) is 0 Å². The standard InChI is InChI=1S/C20H24Cl2N3O7P/c1-12(13(2)26)11-33(29,32-14-6-4-3-5-7-14)30-10-15-17(27)20(21,22)18(31-15)25-9-8-16(23)24-19(25)28/h3-9,12,15,17-18,27H,10-11H2,1-2H3,(H2,23,24,28)/t12-,15-,17+,18-,33?/m1/s1. The van der Waals surface area contributed by atoms with E-state index in [1.165, 1.54) is 19.2 Å². The van der Waals surface area contributed by atoms with Crippen molar-refractivity contribution in [3.8, 4) is 5.75 Å². The Morgan fingerprint density at radius 3 is 2.64 bits per heavy atom. The molecule has 1 aliphatic heterocycles. The smallest absolute Gasteiger partial charge is 0.379 e. The molecule has 1 fully saturated rings. The van der Waals surface area contributed by atoms with Gasteiger partial charge in [0.1, 0.15) is 29.6 Å². The van der Waals surface area contributed by atoms with Crippen LogP contribution in [-0.4, -0.2) is 49.8 Å². The first-order chi connectivity index (χ1) is 15.4. The van der Waals surface area contributed by atoms with Crippen LogP contribution in [0.5, 0.6) is 5.75 Å². The van der Waals surface area contributed by atoms with Crippen molar-refractivity contribution in [1.29, 1.82) is 0 Å². The number of alkyl halides is 2. The minimum Gasteiger partial charge on any atom is -0.424 e. The molecule has 0 amide bonds. The SMILES string of the molecule is CC(=O)[C@H](C)CP(=O)(OC[C@H]1O[C@@H](n2ccc(N)nc2=O)C(Cl)(Cl)[C@H]1O)Oc1ccccc1. The summed E-state index contributed by atoms with van der Waals surface area (Å²) in [5.41, 5.74) is 4.71. The number of halogens is 2. The lowest BCUT2D eigenvalue weighted by atomic mass is 10.1. The van der Waals surface area contributed by atoms with Crippen LogP contribution in [0.4, 0.5) is 5.82 Å². The van der Waals surface area contributed by atoms with Crippen molar-refractivity contribution in [2.75, 3.05) is 18.5 Å². The summed E-state index contributed by atoms with van der Waals surface area (Å²) in [5.74, 6) is -0.529. The van der Waals surface area contributed by atoms with E-state index in [9.17, 15) is 19.3 Å². The molecule has 13 heteroatoms. The van der Waals surface area contributed by atoms with E-state index in [2.05, 4.69) is 4.98 Å². The number of ether oxygens (including phenoxy) is 1. The Kier molecular flexibility index (Phi) is 7.88. The first-order valence-electron chi connectivity index (χ1n) is 9.97. The van der Waals surface area contributed by atoms with Crippen LogP contribution in [0, 0.1) is 5.92 Å². The summed E-state index contributed by atoms with van der Waals surface area (Å²) in [6.45, 7) is 2.54. The van der Waals surface area contributed by atoms with Crippen LogP contribution in [0.3, 0.4) is 0 Å². The minimum absolute atomic E-state index is 0.0111. The van der Waals surface area contributed by atoms with Gasteiger partial charge in [0.15, 0.2) is 10.6 Å². The molecule has 2 aromatic rings. The van der Waals surface area contributed by atoms with E-state index in [1.807, 2.05) is 0 Å². The molecule has 1 aliphatic rings. The summed E-state index contributed by atoms with van der Waals surface area (Å²) in [5, 5.41) is 10.6. The molecular formula is C20H24Cl2N3O7P. The molecule has 5 atom stereocenters. The molecule has 1 unspecified atom stereocenters. The molecule has 3 N–H and O–H groups in total. The van der Waals surface area contributed by atoms with Gasteiger partial charge in [-0.25, -0.2) is 9.36 Å². The van der Waals surface area contributed by atoms with Gasteiger partial charge in [-0.1, -0.05) is 48.3 Å². The molecular weight excluding hydrogens is 496 g/mol. The maximum atomic E-state index is 13.5. The lowest BCUT2D eigenvalue weighted by molar-refractivity contribution is -0.119. The highest BCUT2D eigenvalue weighted by Gasteiger charge is 2.56. The van der Waals surface area contributed by atoms with Gasteiger partial charge in [0.05, 0.1) is 12.8 Å².